The first kappa shape index (κ1) is 16.1. The average Bonchev–Trinajstić information content (AvgIpc) is 2.45. The third kappa shape index (κ3) is 3.49. The zero-order valence-corrected chi connectivity index (χ0v) is 12.5. The van der Waals surface area contributed by atoms with Crippen LogP contribution in [0, 0.1) is 0 Å². The summed E-state index contributed by atoms with van der Waals surface area (Å²) >= 11 is 0. The van der Waals surface area contributed by atoms with E-state index in [2.05, 4.69) is 18.7 Å². The first-order valence-electron chi connectivity index (χ1n) is 7.26. The van der Waals surface area contributed by atoms with Gasteiger partial charge in [0, 0.05) is 37.9 Å². The summed E-state index contributed by atoms with van der Waals surface area (Å²) < 4.78 is 39.8. The molecule has 1 aliphatic heterocycles. The van der Waals surface area contributed by atoms with Crippen LogP contribution in [-0.2, 0) is 12.7 Å². The third-order valence-electron chi connectivity index (χ3n) is 4.11. The largest absolute Gasteiger partial charge is 0.418 e. The molecule has 0 radical (unpaired) electrons. The quantitative estimate of drug-likeness (QED) is 0.931. The van der Waals surface area contributed by atoms with Crippen molar-refractivity contribution in [2.75, 3.05) is 31.1 Å². The van der Waals surface area contributed by atoms with Gasteiger partial charge in [-0.05, 0) is 31.2 Å². The minimum absolute atomic E-state index is 0.114. The molecule has 1 unspecified atom stereocenters. The molecule has 1 heterocycles. The number of halogens is 3. The predicted octanol–water partition coefficient (Wildman–Crippen LogP) is 2.69. The first-order valence-corrected chi connectivity index (χ1v) is 7.26. The van der Waals surface area contributed by atoms with Gasteiger partial charge in [-0.2, -0.15) is 13.2 Å². The minimum Gasteiger partial charge on any atom is -0.368 e. The van der Waals surface area contributed by atoms with Crippen molar-refractivity contribution in [1.29, 1.82) is 0 Å². The second-order valence-corrected chi connectivity index (χ2v) is 5.48. The highest BCUT2D eigenvalue weighted by molar-refractivity contribution is 5.57. The summed E-state index contributed by atoms with van der Waals surface area (Å²) in [6, 6.07) is 4.66. The number of hydrogen-bond acceptors (Lipinski definition) is 3. The highest BCUT2D eigenvalue weighted by Crippen LogP contribution is 2.37. The molecule has 1 atom stereocenters. The van der Waals surface area contributed by atoms with Crippen LogP contribution in [0.2, 0.25) is 0 Å². The van der Waals surface area contributed by atoms with Gasteiger partial charge in [-0.1, -0.05) is 13.0 Å². The summed E-state index contributed by atoms with van der Waals surface area (Å²) in [7, 11) is 0. The minimum atomic E-state index is -4.36. The van der Waals surface area contributed by atoms with Crippen LogP contribution in [-0.4, -0.2) is 37.1 Å². The number of rotatable bonds is 3. The molecule has 2 N–H and O–H groups in total. The van der Waals surface area contributed by atoms with Crippen molar-refractivity contribution >= 4 is 5.69 Å². The van der Waals surface area contributed by atoms with Crippen LogP contribution in [0.15, 0.2) is 18.2 Å². The van der Waals surface area contributed by atoms with Crippen LogP contribution in [0.1, 0.15) is 25.0 Å². The Hall–Kier alpha value is -1.27. The fourth-order valence-corrected chi connectivity index (χ4v) is 2.90. The molecule has 21 heavy (non-hydrogen) atoms. The van der Waals surface area contributed by atoms with Gasteiger partial charge in [0.15, 0.2) is 0 Å². The smallest absolute Gasteiger partial charge is 0.368 e. The lowest BCUT2D eigenvalue weighted by Crippen LogP contribution is -2.52. The highest BCUT2D eigenvalue weighted by Gasteiger charge is 2.36. The van der Waals surface area contributed by atoms with E-state index in [0.29, 0.717) is 18.7 Å². The van der Waals surface area contributed by atoms with Crippen molar-refractivity contribution in [2.24, 2.45) is 5.73 Å². The Labute approximate surface area is 123 Å². The standard InChI is InChI=1S/C15H22F3N3/c1-3-20-6-7-21(10-11(20)2)14-5-4-12(9-19)8-13(14)15(16,17)18/h4-5,8,11H,3,6-7,9-10,19H2,1-2H3. The summed E-state index contributed by atoms with van der Waals surface area (Å²) in [6.45, 7) is 7.17. The molecule has 1 aromatic rings. The maximum atomic E-state index is 13.3. The summed E-state index contributed by atoms with van der Waals surface area (Å²) in [5.74, 6) is 0. The molecule has 6 heteroatoms. The molecule has 118 valence electrons. The molecule has 1 aromatic carbocycles. The summed E-state index contributed by atoms with van der Waals surface area (Å²) in [4.78, 5) is 4.11. The molecule has 1 saturated heterocycles. The number of nitrogens with two attached hydrogens (primary N) is 1. The van der Waals surface area contributed by atoms with Gasteiger partial charge in [0.25, 0.3) is 0 Å². The molecular formula is C15H22F3N3. The topological polar surface area (TPSA) is 32.5 Å². The van der Waals surface area contributed by atoms with E-state index in [-0.39, 0.29) is 18.3 Å². The van der Waals surface area contributed by atoms with E-state index < -0.39 is 11.7 Å². The monoisotopic (exact) mass is 301 g/mol. The number of likely N-dealkylation sites (N-methyl/N-ethyl adjacent to an activating group) is 1. The number of benzene rings is 1. The van der Waals surface area contributed by atoms with Gasteiger partial charge in [-0.3, -0.25) is 4.90 Å². The molecule has 3 nitrogen and oxygen atoms in total. The van der Waals surface area contributed by atoms with Gasteiger partial charge in [-0.25, -0.2) is 0 Å². The van der Waals surface area contributed by atoms with E-state index in [1.165, 1.54) is 6.07 Å². The number of anilines is 1. The Morgan fingerprint density at radius 2 is 2.00 bits per heavy atom. The maximum Gasteiger partial charge on any atom is 0.418 e. The van der Waals surface area contributed by atoms with E-state index in [9.17, 15) is 13.2 Å². The van der Waals surface area contributed by atoms with Gasteiger partial charge in [0.1, 0.15) is 0 Å². The normalized spacial score (nSPS) is 20.9. The van der Waals surface area contributed by atoms with Crippen molar-refractivity contribution in [3.05, 3.63) is 29.3 Å². The molecular weight excluding hydrogens is 279 g/mol. The summed E-state index contributed by atoms with van der Waals surface area (Å²) in [6.07, 6.45) is -4.36. The number of hydrogen-bond donors (Lipinski definition) is 1. The number of alkyl halides is 3. The van der Waals surface area contributed by atoms with E-state index >= 15 is 0 Å². The van der Waals surface area contributed by atoms with Gasteiger partial charge in [0.05, 0.1) is 5.56 Å². The Morgan fingerprint density at radius 3 is 2.52 bits per heavy atom. The van der Waals surface area contributed by atoms with Crippen molar-refractivity contribution in [2.45, 2.75) is 32.6 Å². The predicted molar refractivity (Wildman–Crippen MR) is 78.3 cm³/mol. The molecule has 0 spiro atoms. The number of nitrogens with zero attached hydrogens (tertiary/aromatic N) is 2. The third-order valence-corrected chi connectivity index (χ3v) is 4.11. The zero-order chi connectivity index (χ0) is 15.6. The van der Waals surface area contributed by atoms with Gasteiger partial charge < -0.3 is 10.6 Å². The summed E-state index contributed by atoms with van der Waals surface area (Å²) in [5, 5.41) is 0. The van der Waals surface area contributed by atoms with Gasteiger partial charge in [-0.15, -0.1) is 0 Å². The fraction of sp³-hybridized carbons (Fsp3) is 0.600. The van der Waals surface area contributed by atoms with Crippen LogP contribution in [0.25, 0.3) is 0 Å². The Bertz CT molecular complexity index is 488. The van der Waals surface area contributed by atoms with Crippen LogP contribution in [0.5, 0.6) is 0 Å². The molecule has 2 rings (SSSR count). The molecule has 1 aliphatic rings. The molecule has 0 aromatic heterocycles. The van der Waals surface area contributed by atoms with Crippen molar-refractivity contribution < 1.29 is 13.2 Å². The number of piperazine rings is 1. The SMILES string of the molecule is CCN1CCN(c2ccc(CN)cc2C(F)(F)F)CC1C. The van der Waals surface area contributed by atoms with Crippen molar-refractivity contribution in [3.63, 3.8) is 0 Å². The second kappa shape index (κ2) is 6.23. The molecule has 1 fully saturated rings. The van der Waals surface area contributed by atoms with E-state index in [1.807, 2.05) is 4.90 Å². The van der Waals surface area contributed by atoms with Crippen LogP contribution in [0.4, 0.5) is 18.9 Å². The highest BCUT2D eigenvalue weighted by atomic mass is 19.4. The lowest BCUT2D eigenvalue weighted by Gasteiger charge is -2.41. The van der Waals surface area contributed by atoms with Gasteiger partial charge >= 0.3 is 6.18 Å². The lowest BCUT2D eigenvalue weighted by molar-refractivity contribution is -0.137. The van der Waals surface area contributed by atoms with Gasteiger partial charge in [0.2, 0.25) is 0 Å². The maximum absolute atomic E-state index is 13.3. The van der Waals surface area contributed by atoms with Crippen LogP contribution in [0.3, 0.4) is 0 Å². The van der Waals surface area contributed by atoms with Crippen molar-refractivity contribution in [3.8, 4) is 0 Å². The Balaban J connectivity index is 2.31. The Morgan fingerprint density at radius 1 is 1.29 bits per heavy atom. The average molecular weight is 301 g/mol. The van der Waals surface area contributed by atoms with Crippen LogP contribution < -0.4 is 10.6 Å². The Kier molecular flexibility index (Phi) is 4.78. The van der Waals surface area contributed by atoms with E-state index in [1.54, 1.807) is 12.1 Å². The fourth-order valence-electron chi connectivity index (χ4n) is 2.90. The zero-order valence-electron chi connectivity index (χ0n) is 12.5. The molecule has 0 amide bonds. The van der Waals surface area contributed by atoms with Crippen molar-refractivity contribution in [1.82, 2.24) is 4.90 Å². The van der Waals surface area contributed by atoms with E-state index in [0.717, 1.165) is 13.1 Å². The molecule has 0 saturated carbocycles. The lowest BCUT2D eigenvalue weighted by atomic mass is 10.0. The second-order valence-electron chi connectivity index (χ2n) is 5.48. The van der Waals surface area contributed by atoms with Crippen LogP contribution >= 0.6 is 0 Å². The molecule has 0 aliphatic carbocycles. The molecule has 0 bridgehead atoms. The summed E-state index contributed by atoms with van der Waals surface area (Å²) in [5.41, 5.74) is 5.65. The van der Waals surface area contributed by atoms with E-state index in [4.69, 9.17) is 5.73 Å². The first-order chi connectivity index (χ1) is 9.86.